The summed E-state index contributed by atoms with van der Waals surface area (Å²) < 4.78 is 0. The maximum absolute atomic E-state index is 12.4. The number of nitriles is 1. The van der Waals surface area contributed by atoms with Gasteiger partial charge in [0.2, 0.25) is 5.91 Å². The molecule has 118 valence electrons. The van der Waals surface area contributed by atoms with Gasteiger partial charge in [0.05, 0.1) is 12.6 Å². The van der Waals surface area contributed by atoms with E-state index in [4.69, 9.17) is 0 Å². The summed E-state index contributed by atoms with van der Waals surface area (Å²) in [6, 6.07) is 2.85. The third-order valence-corrected chi connectivity index (χ3v) is 4.88. The molecule has 5 heteroatoms. The van der Waals surface area contributed by atoms with E-state index in [2.05, 4.69) is 28.5 Å². The molecule has 0 aromatic rings. The van der Waals surface area contributed by atoms with Crippen LogP contribution < -0.4 is 10.6 Å². The lowest BCUT2D eigenvalue weighted by atomic mass is 9.83. The summed E-state index contributed by atoms with van der Waals surface area (Å²) in [5.41, 5.74) is -0.608. The first-order valence-corrected chi connectivity index (χ1v) is 8.36. The van der Waals surface area contributed by atoms with Crippen LogP contribution in [-0.2, 0) is 4.79 Å². The van der Waals surface area contributed by atoms with Crippen LogP contribution in [-0.4, -0.2) is 48.6 Å². The second-order valence-corrected chi connectivity index (χ2v) is 6.35. The average Bonchev–Trinajstić information content (AvgIpc) is 2.54. The van der Waals surface area contributed by atoms with Gasteiger partial charge in [-0.25, -0.2) is 0 Å². The summed E-state index contributed by atoms with van der Waals surface area (Å²) in [7, 11) is 0. The van der Waals surface area contributed by atoms with Gasteiger partial charge in [0.15, 0.2) is 0 Å². The van der Waals surface area contributed by atoms with Crippen molar-refractivity contribution in [3.05, 3.63) is 0 Å². The minimum atomic E-state index is -0.608. The number of nitrogens with zero attached hydrogens (tertiary/aromatic N) is 2. The zero-order chi connectivity index (χ0) is 15.1. The van der Waals surface area contributed by atoms with Crippen LogP contribution in [0.4, 0.5) is 0 Å². The van der Waals surface area contributed by atoms with Crippen LogP contribution in [0.15, 0.2) is 0 Å². The monoisotopic (exact) mass is 292 g/mol. The van der Waals surface area contributed by atoms with Crippen LogP contribution in [0, 0.1) is 11.3 Å². The number of carbonyl (C=O) groups excluding carboxylic acids is 1. The van der Waals surface area contributed by atoms with Crippen LogP contribution in [0.1, 0.15) is 51.9 Å². The predicted molar refractivity (Wildman–Crippen MR) is 82.7 cm³/mol. The Balaban J connectivity index is 1.88. The fourth-order valence-corrected chi connectivity index (χ4v) is 3.58. The molecule has 2 N–H and O–H groups in total. The molecule has 5 nitrogen and oxygen atoms in total. The fourth-order valence-electron chi connectivity index (χ4n) is 3.58. The number of carbonyl (C=O) groups is 1. The van der Waals surface area contributed by atoms with Crippen LogP contribution in [0.2, 0.25) is 0 Å². The molecule has 2 fully saturated rings. The normalized spacial score (nSPS) is 22.7. The Morgan fingerprint density at radius 1 is 1.33 bits per heavy atom. The summed E-state index contributed by atoms with van der Waals surface area (Å²) in [6.45, 7) is 5.48. The first-order valence-electron chi connectivity index (χ1n) is 8.36. The van der Waals surface area contributed by atoms with Crippen molar-refractivity contribution >= 4 is 5.91 Å². The highest BCUT2D eigenvalue weighted by atomic mass is 16.2. The largest absolute Gasteiger partial charge is 0.337 e. The maximum Gasteiger partial charge on any atom is 0.235 e. The minimum absolute atomic E-state index is 0.0128. The number of likely N-dealkylation sites (N-methyl/N-ethyl adjacent to an activating group) is 1. The van der Waals surface area contributed by atoms with Gasteiger partial charge in [-0.15, -0.1) is 0 Å². The first kappa shape index (κ1) is 16.3. The number of amides is 1. The summed E-state index contributed by atoms with van der Waals surface area (Å²) in [5, 5.41) is 15.8. The van der Waals surface area contributed by atoms with E-state index in [-0.39, 0.29) is 5.91 Å². The highest BCUT2D eigenvalue weighted by Crippen LogP contribution is 2.27. The van der Waals surface area contributed by atoms with Crippen LogP contribution in [0.3, 0.4) is 0 Å². The molecule has 1 saturated carbocycles. The average molecular weight is 292 g/mol. The van der Waals surface area contributed by atoms with E-state index in [0.717, 1.165) is 58.2 Å². The zero-order valence-electron chi connectivity index (χ0n) is 13.2. The number of piperidine rings is 1. The topological polar surface area (TPSA) is 68.2 Å². The fraction of sp³-hybridized carbons (Fsp3) is 0.875. The Hall–Kier alpha value is -1.12. The van der Waals surface area contributed by atoms with E-state index in [1.165, 1.54) is 6.42 Å². The van der Waals surface area contributed by atoms with E-state index in [9.17, 15) is 10.1 Å². The van der Waals surface area contributed by atoms with Gasteiger partial charge in [0.25, 0.3) is 0 Å². The van der Waals surface area contributed by atoms with Crippen molar-refractivity contribution in [2.45, 2.75) is 63.5 Å². The molecule has 1 aliphatic heterocycles. The zero-order valence-corrected chi connectivity index (χ0v) is 13.2. The highest BCUT2D eigenvalue weighted by Gasteiger charge is 2.34. The minimum Gasteiger partial charge on any atom is -0.337 e. The molecule has 2 rings (SSSR count). The number of hydrogen-bond acceptors (Lipinski definition) is 4. The third-order valence-electron chi connectivity index (χ3n) is 4.88. The van der Waals surface area contributed by atoms with E-state index in [1.807, 2.05) is 0 Å². The van der Waals surface area contributed by atoms with Crippen molar-refractivity contribution in [1.82, 2.24) is 15.5 Å². The van der Waals surface area contributed by atoms with Gasteiger partial charge < -0.3 is 10.6 Å². The van der Waals surface area contributed by atoms with Crippen LogP contribution in [0.25, 0.3) is 0 Å². The molecule has 1 saturated heterocycles. The molecule has 1 aliphatic carbocycles. The molecule has 0 spiro atoms. The first-order chi connectivity index (χ1) is 10.2. The Bertz CT molecular complexity index is 378. The van der Waals surface area contributed by atoms with Crippen molar-refractivity contribution in [1.29, 1.82) is 5.26 Å². The van der Waals surface area contributed by atoms with Gasteiger partial charge in [0.1, 0.15) is 5.54 Å². The number of rotatable bonds is 5. The Labute approximate surface area is 128 Å². The maximum atomic E-state index is 12.4. The highest BCUT2D eigenvalue weighted by molar-refractivity contribution is 5.79. The van der Waals surface area contributed by atoms with Gasteiger partial charge in [-0.2, -0.15) is 5.26 Å². The summed E-state index contributed by atoms with van der Waals surface area (Å²) >= 11 is 0. The lowest BCUT2D eigenvalue weighted by Crippen LogP contribution is -2.53. The number of nitrogens with one attached hydrogen (secondary N) is 2. The summed E-state index contributed by atoms with van der Waals surface area (Å²) in [4.78, 5) is 14.6. The van der Waals surface area contributed by atoms with Gasteiger partial charge in [-0.1, -0.05) is 26.2 Å². The molecule has 1 amide bonds. The summed E-state index contributed by atoms with van der Waals surface area (Å²) in [5.74, 6) is 0.0128. The number of hydrogen-bond donors (Lipinski definition) is 2. The second kappa shape index (κ2) is 7.77. The third kappa shape index (κ3) is 4.42. The molecule has 21 heavy (non-hydrogen) atoms. The summed E-state index contributed by atoms with van der Waals surface area (Å²) in [6.07, 6.45) is 7.06. The Morgan fingerprint density at radius 2 is 2.00 bits per heavy atom. The van der Waals surface area contributed by atoms with Crippen molar-refractivity contribution < 1.29 is 4.79 Å². The van der Waals surface area contributed by atoms with Crippen molar-refractivity contribution in [2.24, 2.45) is 0 Å². The van der Waals surface area contributed by atoms with Gasteiger partial charge in [0, 0.05) is 6.04 Å². The second-order valence-electron chi connectivity index (χ2n) is 6.35. The molecule has 0 aromatic carbocycles. The van der Waals surface area contributed by atoms with Crippen molar-refractivity contribution in [3.63, 3.8) is 0 Å². The van der Waals surface area contributed by atoms with Gasteiger partial charge >= 0.3 is 0 Å². The SMILES string of the molecule is CCN(CC(=O)NC1(C#N)CCCCC1)C1CCNCC1. The Kier molecular flexibility index (Phi) is 6.01. The lowest BCUT2D eigenvalue weighted by molar-refractivity contribution is -0.124. The molecule has 0 radical (unpaired) electrons. The van der Waals surface area contributed by atoms with Crippen molar-refractivity contribution in [3.8, 4) is 6.07 Å². The van der Waals surface area contributed by atoms with Gasteiger partial charge in [-0.05, 0) is 45.3 Å². The van der Waals surface area contributed by atoms with E-state index in [1.54, 1.807) is 0 Å². The van der Waals surface area contributed by atoms with E-state index >= 15 is 0 Å². The van der Waals surface area contributed by atoms with Crippen LogP contribution >= 0.6 is 0 Å². The molecule has 0 unspecified atom stereocenters. The Morgan fingerprint density at radius 3 is 2.57 bits per heavy atom. The molecule has 0 aromatic heterocycles. The smallest absolute Gasteiger partial charge is 0.235 e. The standard InChI is InChI=1S/C16H28N4O/c1-2-20(14-6-10-18-11-7-14)12-15(21)19-16(13-17)8-4-3-5-9-16/h14,18H,2-12H2,1H3,(H,19,21). The van der Waals surface area contributed by atoms with E-state index in [0.29, 0.717) is 12.6 Å². The molecule has 0 bridgehead atoms. The molecular weight excluding hydrogens is 264 g/mol. The van der Waals surface area contributed by atoms with E-state index < -0.39 is 5.54 Å². The molecule has 1 heterocycles. The van der Waals surface area contributed by atoms with Crippen molar-refractivity contribution in [2.75, 3.05) is 26.2 Å². The lowest BCUT2D eigenvalue weighted by Gasteiger charge is -2.35. The molecule has 2 aliphatic rings. The van der Waals surface area contributed by atoms with Gasteiger partial charge in [-0.3, -0.25) is 9.69 Å². The quantitative estimate of drug-likeness (QED) is 0.804. The molecule has 0 atom stereocenters. The van der Waals surface area contributed by atoms with Crippen LogP contribution in [0.5, 0.6) is 0 Å². The molecular formula is C16H28N4O. The predicted octanol–water partition coefficient (Wildman–Crippen LogP) is 1.40.